The van der Waals surface area contributed by atoms with E-state index in [1.807, 2.05) is 13.0 Å². The van der Waals surface area contributed by atoms with Crippen molar-refractivity contribution in [2.45, 2.75) is 53.4 Å². The first-order valence-corrected chi connectivity index (χ1v) is 11.4. The van der Waals surface area contributed by atoms with Crippen LogP contribution >= 0.6 is 0 Å². The van der Waals surface area contributed by atoms with Crippen LogP contribution in [0.25, 0.3) is 6.08 Å². The standard InChI is InChI=1S/C27H37N2O.HI/c1-5-12-25-13-8-9-14-26(25)30-18-11-7-6-10-15-28-16-17-29(21-28)27-23(3)19-22(2)20-24(27)4;/h5,8-9,12-14,19-21H,6-7,10-11,15-18H2,1-4H3;1H/q+1;/p-1/b12-5-;. The number of unbranched alkanes of at least 4 members (excludes halogenated alkanes) is 3. The Labute approximate surface area is 205 Å². The summed E-state index contributed by atoms with van der Waals surface area (Å²) < 4.78 is 8.46. The highest BCUT2D eigenvalue weighted by Gasteiger charge is 2.24. The lowest BCUT2D eigenvalue weighted by Crippen LogP contribution is -3.00. The van der Waals surface area contributed by atoms with Gasteiger partial charge in [0.05, 0.1) is 13.2 Å². The van der Waals surface area contributed by atoms with Crippen molar-refractivity contribution in [2.24, 2.45) is 0 Å². The number of aryl methyl sites for hydroxylation is 3. The van der Waals surface area contributed by atoms with Crippen LogP contribution in [0.3, 0.4) is 0 Å². The molecule has 2 aromatic rings. The zero-order valence-electron chi connectivity index (χ0n) is 19.5. The van der Waals surface area contributed by atoms with Gasteiger partial charge in [-0.25, -0.2) is 4.90 Å². The highest BCUT2D eigenvalue weighted by Crippen LogP contribution is 2.26. The van der Waals surface area contributed by atoms with Crippen LogP contribution in [0.1, 0.15) is 54.9 Å². The van der Waals surface area contributed by atoms with Crippen LogP contribution in [-0.4, -0.2) is 37.2 Å². The molecule has 0 amide bonds. The summed E-state index contributed by atoms with van der Waals surface area (Å²) in [6.45, 7) is 12.8. The number of hydrogen-bond donors (Lipinski definition) is 0. The van der Waals surface area contributed by atoms with Crippen LogP contribution < -0.4 is 33.6 Å². The normalized spacial score (nSPS) is 13.4. The van der Waals surface area contributed by atoms with Crippen molar-refractivity contribution in [1.82, 2.24) is 0 Å². The van der Waals surface area contributed by atoms with E-state index in [4.69, 9.17) is 4.74 Å². The SMILES string of the molecule is C/C=C\c1ccccc1OCCCCCC[N+]1=CN(c2c(C)cc(C)cc2C)CC1.[I-]. The lowest BCUT2D eigenvalue weighted by Gasteiger charge is -2.13. The van der Waals surface area contributed by atoms with Gasteiger partial charge in [-0.1, -0.05) is 48.0 Å². The van der Waals surface area contributed by atoms with Crippen molar-refractivity contribution in [3.05, 3.63) is 64.7 Å². The van der Waals surface area contributed by atoms with Crippen LogP contribution in [0.15, 0.2) is 42.5 Å². The van der Waals surface area contributed by atoms with Gasteiger partial charge in [0.25, 0.3) is 0 Å². The molecule has 0 saturated carbocycles. The lowest BCUT2D eigenvalue weighted by molar-refractivity contribution is -0.514. The molecule has 0 N–H and O–H groups in total. The number of ether oxygens (including phenoxy) is 1. The topological polar surface area (TPSA) is 15.5 Å². The zero-order valence-corrected chi connectivity index (χ0v) is 21.7. The summed E-state index contributed by atoms with van der Waals surface area (Å²) in [6, 6.07) is 12.8. The van der Waals surface area contributed by atoms with E-state index >= 15 is 0 Å². The van der Waals surface area contributed by atoms with Crippen molar-refractivity contribution < 1.29 is 33.3 Å². The third-order valence-corrected chi connectivity index (χ3v) is 5.72. The highest BCUT2D eigenvalue weighted by atomic mass is 127. The van der Waals surface area contributed by atoms with Gasteiger partial charge in [-0.2, -0.15) is 0 Å². The van der Waals surface area contributed by atoms with Crippen LogP contribution in [-0.2, 0) is 0 Å². The minimum atomic E-state index is 0. The molecule has 1 heterocycles. The second-order valence-corrected chi connectivity index (χ2v) is 8.39. The number of hydrogen-bond acceptors (Lipinski definition) is 2. The molecule has 0 fully saturated rings. The molecule has 31 heavy (non-hydrogen) atoms. The van der Waals surface area contributed by atoms with E-state index in [2.05, 4.69) is 79.1 Å². The average Bonchev–Trinajstić information content (AvgIpc) is 3.16. The summed E-state index contributed by atoms with van der Waals surface area (Å²) in [5.41, 5.74) is 6.65. The summed E-state index contributed by atoms with van der Waals surface area (Å²) in [6.07, 6.45) is 11.3. The lowest BCUT2D eigenvalue weighted by atomic mass is 10.0. The molecule has 2 aromatic carbocycles. The number of rotatable bonds is 10. The minimum Gasteiger partial charge on any atom is -1.00 e. The fraction of sp³-hybridized carbons (Fsp3) is 0.444. The smallest absolute Gasteiger partial charge is 0.239 e. The van der Waals surface area contributed by atoms with E-state index in [-0.39, 0.29) is 24.0 Å². The molecule has 0 aliphatic carbocycles. The Bertz CT molecular complexity index is 881. The Morgan fingerprint density at radius 1 is 1.00 bits per heavy atom. The third kappa shape index (κ3) is 7.37. The molecular weight excluding hydrogens is 495 g/mol. The first kappa shape index (κ1) is 25.4. The summed E-state index contributed by atoms with van der Waals surface area (Å²) in [5.74, 6) is 0.990. The fourth-order valence-corrected chi connectivity index (χ4v) is 4.40. The van der Waals surface area contributed by atoms with Gasteiger partial charge in [0, 0.05) is 5.56 Å². The predicted molar refractivity (Wildman–Crippen MR) is 129 cm³/mol. The molecule has 1 aliphatic heterocycles. The first-order chi connectivity index (χ1) is 14.6. The van der Waals surface area contributed by atoms with Crippen molar-refractivity contribution >= 4 is 18.1 Å². The maximum Gasteiger partial charge on any atom is 0.239 e. The first-order valence-electron chi connectivity index (χ1n) is 11.4. The predicted octanol–water partition coefficient (Wildman–Crippen LogP) is 3.15. The maximum absolute atomic E-state index is 5.99. The van der Waals surface area contributed by atoms with Gasteiger partial charge in [-0.15, -0.1) is 0 Å². The quantitative estimate of drug-likeness (QED) is 0.266. The third-order valence-electron chi connectivity index (χ3n) is 5.72. The Kier molecular flexibility index (Phi) is 10.6. The van der Waals surface area contributed by atoms with Gasteiger partial charge in [-0.3, -0.25) is 4.58 Å². The Hall–Kier alpha value is -1.82. The fourth-order valence-electron chi connectivity index (χ4n) is 4.40. The van der Waals surface area contributed by atoms with Gasteiger partial charge in [0.1, 0.15) is 24.5 Å². The Balaban J connectivity index is 0.00000341. The van der Waals surface area contributed by atoms with E-state index in [1.54, 1.807) is 0 Å². The molecular formula is C27H37IN2O. The van der Waals surface area contributed by atoms with Crippen molar-refractivity contribution in [3.8, 4) is 5.75 Å². The molecule has 0 spiro atoms. The number of para-hydroxylation sites is 1. The summed E-state index contributed by atoms with van der Waals surface area (Å²) in [7, 11) is 0. The molecule has 3 nitrogen and oxygen atoms in total. The minimum absolute atomic E-state index is 0. The van der Waals surface area contributed by atoms with E-state index in [1.165, 1.54) is 41.6 Å². The molecule has 3 rings (SSSR count). The maximum atomic E-state index is 5.99. The van der Waals surface area contributed by atoms with Gasteiger partial charge < -0.3 is 28.7 Å². The van der Waals surface area contributed by atoms with Crippen LogP contribution in [0, 0.1) is 20.8 Å². The Morgan fingerprint density at radius 2 is 1.71 bits per heavy atom. The number of anilines is 1. The second-order valence-electron chi connectivity index (χ2n) is 8.39. The van der Waals surface area contributed by atoms with Crippen LogP contribution in [0.2, 0.25) is 0 Å². The largest absolute Gasteiger partial charge is 1.00 e. The van der Waals surface area contributed by atoms with E-state index in [0.29, 0.717) is 0 Å². The van der Waals surface area contributed by atoms with Crippen LogP contribution in [0.4, 0.5) is 5.69 Å². The molecule has 1 aliphatic rings. The molecule has 0 radical (unpaired) electrons. The van der Waals surface area contributed by atoms with Crippen molar-refractivity contribution in [2.75, 3.05) is 31.1 Å². The van der Waals surface area contributed by atoms with Crippen molar-refractivity contribution in [1.29, 1.82) is 0 Å². The van der Waals surface area contributed by atoms with Crippen molar-refractivity contribution in [3.63, 3.8) is 0 Å². The van der Waals surface area contributed by atoms with E-state index in [0.717, 1.165) is 44.0 Å². The second kappa shape index (κ2) is 12.9. The molecule has 0 unspecified atom stereocenters. The molecule has 4 heteroatoms. The Morgan fingerprint density at radius 3 is 2.45 bits per heavy atom. The zero-order chi connectivity index (χ0) is 21.3. The molecule has 0 atom stereocenters. The highest BCUT2D eigenvalue weighted by molar-refractivity contribution is 5.80. The monoisotopic (exact) mass is 532 g/mol. The molecule has 0 bridgehead atoms. The molecule has 168 valence electrons. The van der Waals surface area contributed by atoms with Gasteiger partial charge in [0.2, 0.25) is 6.34 Å². The molecule has 0 saturated heterocycles. The summed E-state index contributed by atoms with van der Waals surface area (Å²) in [4.78, 5) is 2.43. The van der Waals surface area contributed by atoms with Crippen LogP contribution in [0.5, 0.6) is 5.75 Å². The summed E-state index contributed by atoms with van der Waals surface area (Å²) in [5, 5.41) is 0. The number of halogens is 1. The van der Waals surface area contributed by atoms with Gasteiger partial charge in [0.15, 0.2) is 0 Å². The van der Waals surface area contributed by atoms with E-state index in [9.17, 15) is 0 Å². The molecule has 0 aromatic heterocycles. The summed E-state index contributed by atoms with van der Waals surface area (Å²) >= 11 is 0. The number of nitrogens with zero attached hydrogens (tertiary/aromatic N) is 2. The number of benzene rings is 2. The number of allylic oxidation sites excluding steroid dienone is 1. The van der Waals surface area contributed by atoms with Gasteiger partial charge in [-0.05, 0) is 70.6 Å². The average molecular weight is 533 g/mol. The van der Waals surface area contributed by atoms with E-state index < -0.39 is 0 Å². The van der Waals surface area contributed by atoms with Gasteiger partial charge >= 0.3 is 0 Å².